The standard InChI is InChI=1S/C17H23N3O/c1-2-18-12-13-3-4-14-7-9-20(16(14)11-13)10-8-17(21)19-15-5-6-15/h3-4,7,9,11,15,18H,2,5-6,8,10,12H2,1H3,(H,19,21). The molecule has 1 aliphatic carbocycles. The van der Waals surface area contributed by atoms with Gasteiger partial charge >= 0.3 is 0 Å². The third kappa shape index (κ3) is 3.64. The Labute approximate surface area is 125 Å². The third-order valence-corrected chi connectivity index (χ3v) is 3.94. The summed E-state index contributed by atoms with van der Waals surface area (Å²) in [6.07, 6.45) is 4.92. The summed E-state index contributed by atoms with van der Waals surface area (Å²) in [6.45, 7) is 4.71. The highest BCUT2D eigenvalue weighted by atomic mass is 16.1. The van der Waals surface area contributed by atoms with Gasteiger partial charge in [-0.15, -0.1) is 0 Å². The zero-order valence-electron chi connectivity index (χ0n) is 12.6. The fraction of sp³-hybridized carbons (Fsp3) is 0.471. The molecule has 0 atom stereocenters. The molecule has 21 heavy (non-hydrogen) atoms. The summed E-state index contributed by atoms with van der Waals surface area (Å²) in [6, 6.07) is 9.10. The average Bonchev–Trinajstić information content (AvgIpc) is 3.21. The monoisotopic (exact) mass is 285 g/mol. The van der Waals surface area contributed by atoms with Gasteiger partial charge in [-0.25, -0.2) is 0 Å². The summed E-state index contributed by atoms with van der Waals surface area (Å²) in [5.41, 5.74) is 2.50. The van der Waals surface area contributed by atoms with Crippen molar-refractivity contribution in [2.24, 2.45) is 0 Å². The molecular formula is C17H23N3O. The highest BCUT2D eigenvalue weighted by Crippen LogP contribution is 2.20. The molecule has 0 aliphatic heterocycles. The molecule has 2 aromatic rings. The minimum Gasteiger partial charge on any atom is -0.353 e. The lowest BCUT2D eigenvalue weighted by Crippen LogP contribution is -2.26. The molecule has 112 valence electrons. The lowest BCUT2D eigenvalue weighted by atomic mass is 10.1. The predicted molar refractivity (Wildman–Crippen MR) is 85.1 cm³/mol. The first-order valence-electron chi connectivity index (χ1n) is 7.84. The van der Waals surface area contributed by atoms with Gasteiger partial charge in [0, 0.05) is 37.3 Å². The summed E-state index contributed by atoms with van der Waals surface area (Å²) in [5.74, 6) is 0.170. The van der Waals surface area contributed by atoms with E-state index >= 15 is 0 Å². The largest absolute Gasteiger partial charge is 0.353 e. The molecule has 3 rings (SSSR count). The molecule has 1 fully saturated rings. The number of nitrogens with one attached hydrogen (secondary N) is 2. The minimum absolute atomic E-state index is 0.170. The molecule has 4 heteroatoms. The number of nitrogens with zero attached hydrogens (tertiary/aromatic N) is 1. The number of rotatable bonds is 7. The quantitative estimate of drug-likeness (QED) is 0.820. The number of carbonyl (C=O) groups is 1. The number of hydrogen-bond acceptors (Lipinski definition) is 2. The van der Waals surface area contributed by atoms with Crippen LogP contribution in [0.3, 0.4) is 0 Å². The molecule has 0 unspecified atom stereocenters. The van der Waals surface area contributed by atoms with E-state index in [0.717, 1.165) is 32.5 Å². The third-order valence-electron chi connectivity index (χ3n) is 3.94. The van der Waals surface area contributed by atoms with Gasteiger partial charge < -0.3 is 15.2 Å². The van der Waals surface area contributed by atoms with Crippen LogP contribution >= 0.6 is 0 Å². The number of carbonyl (C=O) groups excluding carboxylic acids is 1. The van der Waals surface area contributed by atoms with Crippen LogP contribution in [0.1, 0.15) is 31.7 Å². The Morgan fingerprint density at radius 2 is 2.19 bits per heavy atom. The molecule has 1 amide bonds. The molecule has 4 nitrogen and oxygen atoms in total. The van der Waals surface area contributed by atoms with Crippen molar-refractivity contribution in [1.29, 1.82) is 0 Å². The number of aryl methyl sites for hydroxylation is 1. The van der Waals surface area contributed by atoms with E-state index in [1.165, 1.54) is 16.5 Å². The van der Waals surface area contributed by atoms with Crippen molar-refractivity contribution in [3.05, 3.63) is 36.0 Å². The van der Waals surface area contributed by atoms with Gasteiger partial charge in [0.05, 0.1) is 0 Å². The molecule has 0 saturated heterocycles. The fourth-order valence-electron chi connectivity index (χ4n) is 2.55. The Bertz CT molecular complexity index is 628. The van der Waals surface area contributed by atoms with Gasteiger partial charge in [-0.3, -0.25) is 4.79 Å². The Morgan fingerprint density at radius 1 is 1.33 bits per heavy atom. The van der Waals surface area contributed by atoms with E-state index < -0.39 is 0 Å². The summed E-state index contributed by atoms with van der Waals surface area (Å²) < 4.78 is 2.18. The van der Waals surface area contributed by atoms with Crippen molar-refractivity contribution in [2.45, 2.75) is 45.3 Å². The van der Waals surface area contributed by atoms with E-state index in [1.807, 2.05) is 0 Å². The van der Waals surface area contributed by atoms with Crippen LogP contribution in [0.2, 0.25) is 0 Å². The number of hydrogen-bond donors (Lipinski definition) is 2. The molecule has 1 saturated carbocycles. The molecular weight excluding hydrogens is 262 g/mol. The van der Waals surface area contributed by atoms with Crippen LogP contribution in [0.15, 0.2) is 30.5 Å². The average molecular weight is 285 g/mol. The van der Waals surface area contributed by atoms with Crippen molar-refractivity contribution in [2.75, 3.05) is 6.54 Å². The molecule has 1 aromatic carbocycles. The maximum absolute atomic E-state index is 11.8. The number of aromatic nitrogens is 1. The summed E-state index contributed by atoms with van der Waals surface area (Å²) in [5, 5.41) is 7.62. The van der Waals surface area contributed by atoms with Gasteiger partial charge in [-0.05, 0) is 42.5 Å². The molecule has 0 radical (unpaired) electrons. The smallest absolute Gasteiger partial charge is 0.222 e. The van der Waals surface area contributed by atoms with Crippen molar-refractivity contribution < 1.29 is 4.79 Å². The molecule has 1 aromatic heterocycles. The molecule has 1 aliphatic rings. The number of amides is 1. The first kappa shape index (κ1) is 14.1. The van der Waals surface area contributed by atoms with Gasteiger partial charge in [0.15, 0.2) is 0 Å². The van der Waals surface area contributed by atoms with Gasteiger partial charge in [-0.1, -0.05) is 19.1 Å². The van der Waals surface area contributed by atoms with Gasteiger partial charge in [0.1, 0.15) is 0 Å². The van der Waals surface area contributed by atoms with Crippen molar-refractivity contribution in [3.8, 4) is 0 Å². The van der Waals surface area contributed by atoms with Crippen LogP contribution in [0.5, 0.6) is 0 Å². The normalized spacial score (nSPS) is 14.5. The maximum Gasteiger partial charge on any atom is 0.222 e. The lowest BCUT2D eigenvalue weighted by Gasteiger charge is -2.08. The van der Waals surface area contributed by atoms with Crippen LogP contribution in [0, 0.1) is 0 Å². The maximum atomic E-state index is 11.8. The summed E-state index contributed by atoms with van der Waals surface area (Å²) in [7, 11) is 0. The van der Waals surface area contributed by atoms with Crippen molar-refractivity contribution in [3.63, 3.8) is 0 Å². The first-order chi connectivity index (χ1) is 10.3. The van der Waals surface area contributed by atoms with Crippen LogP contribution in [-0.2, 0) is 17.9 Å². The lowest BCUT2D eigenvalue weighted by molar-refractivity contribution is -0.121. The second-order valence-electron chi connectivity index (χ2n) is 5.77. The van der Waals surface area contributed by atoms with Crippen LogP contribution < -0.4 is 10.6 Å². The van der Waals surface area contributed by atoms with E-state index in [4.69, 9.17) is 0 Å². The van der Waals surface area contributed by atoms with E-state index in [-0.39, 0.29) is 5.91 Å². The first-order valence-corrected chi connectivity index (χ1v) is 7.84. The zero-order valence-corrected chi connectivity index (χ0v) is 12.6. The Balaban J connectivity index is 1.67. The topological polar surface area (TPSA) is 46.1 Å². The van der Waals surface area contributed by atoms with Crippen LogP contribution in [0.25, 0.3) is 10.9 Å². The van der Waals surface area contributed by atoms with E-state index in [2.05, 4.69) is 52.6 Å². The number of fused-ring (bicyclic) bond motifs is 1. The molecule has 1 heterocycles. The molecule has 2 N–H and O–H groups in total. The fourth-order valence-corrected chi connectivity index (χ4v) is 2.55. The highest BCUT2D eigenvalue weighted by molar-refractivity contribution is 5.81. The van der Waals surface area contributed by atoms with Crippen molar-refractivity contribution in [1.82, 2.24) is 15.2 Å². The second-order valence-corrected chi connectivity index (χ2v) is 5.77. The van der Waals surface area contributed by atoms with Crippen LogP contribution in [-0.4, -0.2) is 23.1 Å². The summed E-state index contributed by atoms with van der Waals surface area (Å²) >= 11 is 0. The van der Waals surface area contributed by atoms with Gasteiger partial charge in [0.2, 0.25) is 5.91 Å². The Morgan fingerprint density at radius 3 is 2.95 bits per heavy atom. The molecule has 0 bridgehead atoms. The molecule has 0 spiro atoms. The van der Waals surface area contributed by atoms with Gasteiger partial charge in [-0.2, -0.15) is 0 Å². The highest BCUT2D eigenvalue weighted by Gasteiger charge is 2.22. The van der Waals surface area contributed by atoms with E-state index in [9.17, 15) is 4.79 Å². The Hall–Kier alpha value is -1.81. The zero-order chi connectivity index (χ0) is 14.7. The number of benzene rings is 1. The van der Waals surface area contributed by atoms with Crippen molar-refractivity contribution >= 4 is 16.8 Å². The SMILES string of the molecule is CCNCc1ccc2ccn(CCC(=O)NC3CC3)c2c1. The summed E-state index contributed by atoms with van der Waals surface area (Å²) in [4.78, 5) is 11.8. The van der Waals surface area contributed by atoms with Crippen LogP contribution in [0.4, 0.5) is 0 Å². The van der Waals surface area contributed by atoms with Gasteiger partial charge in [0.25, 0.3) is 0 Å². The Kier molecular flexibility index (Phi) is 4.25. The minimum atomic E-state index is 0.170. The van der Waals surface area contributed by atoms with E-state index in [0.29, 0.717) is 12.5 Å². The second kappa shape index (κ2) is 6.31. The predicted octanol–water partition coefficient (Wildman–Crippen LogP) is 2.42. The van der Waals surface area contributed by atoms with E-state index in [1.54, 1.807) is 0 Å².